The summed E-state index contributed by atoms with van der Waals surface area (Å²) in [5, 5.41) is 17.5. The van der Waals surface area contributed by atoms with Crippen molar-refractivity contribution in [3.05, 3.63) is 0 Å². The highest BCUT2D eigenvalue weighted by molar-refractivity contribution is 4.88. The summed E-state index contributed by atoms with van der Waals surface area (Å²) in [7, 11) is 0. The van der Waals surface area contributed by atoms with Crippen LogP contribution in [-0.2, 0) is 4.89 Å². The monoisotopic (exact) mass is 132 g/mol. The lowest BCUT2D eigenvalue weighted by atomic mass is 10.0. The standard InChI is InChI=1S/C6H12O3/c1-6(9-8)4-2-3-5(6)7/h5,7-8H,2-4H2,1H3. The highest BCUT2D eigenvalue weighted by Gasteiger charge is 2.39. The fraction of sp³-hybridized carbons (Fsp3) is 1.00. The molecule has 1 fully saturated rings. The van der Waals surface area contributed by atoms with Crippen LogP contribution in [0.2, 0.25) is 0 Å². The largest absolute Gasteiger partial charge is 0.390 e. The summed E-state index contributed by atoms with van der Waals surface area (Å²) in [6.07, 6.45) is 1.91. The Morgan fingerprint density at radius 2 is 2.33 bits per heavy atom. The number of rotatable bonds is 1. The van der Waals surface area contributed by atoms with Crippen molar-refractivity contribution in [2.24, 2.45) is 0 Å². The van der Waals surface area contributed by atoms with E-state index in [2.05, 4.69) is 4.89 Å². The smallest absolute Gasteiger partial charge is 0.126 e. The Labute approximate surface area is 54.2 Å². The van der Waals surface area contributed by atoms with Gasteiger partial charge in [-0.1, -0.05) is 0 Å². The van der Waals surface area contributed by atoms with Gasteiger partial charge < -0.3 is 5.11 Å². The van der Waals surface area contributed by atoms with Gasteiger partial charge in [0.25, 0.3) is 0 Å². The molecule has 0 saturated heterocycles. The molecule has 0 bridgehead atoms. The molecule has 54 valence electrons. The Hall–Kier alpha value is -0.120. The third-order valence-electron chi connectivity index (χ3n) is 2.06. The molecule has 0 spiro atoms. The van der Waals surface area contributed by atoms with Crippen molar-refractivity contribution < 1.29 is 15.3 Å². The van der Waals surface area contributed by atoms with Gasteiger partial charge in [-0.15, -0.1) is 0 Å². The van der Waals surface area contributed by atoms with E-state index < -0.39 is 11.7 Å². The first kappa shape index (κ1) is 6.99. The van der Waals surface area contributed by atoms with Gasteiger partial charge >= 0.3 is 0 Å². The molecule has 2 N–H and O–H groups in total. The zero-order chi connectivity index (χ0) is 6.91. The minimum absolute atomic E-state index is 0.498. The third-order valence-corrected chi connectivity index (χ3v) is 2.06. The molecule has 0 aromatic rings. The van der Waals surface area contributed by atoms with Gasteiger partial charge in [-0.2, -0.15) is 0 Å². The Morgan fingerprint density at radius 3 is 2.56 bits per heavy atom. The highest BCUT2D eigenvalue weighted by Crippen LogP contribution is 2.31. The van der Waals surface area contributed by atoms with Gasteiger partial charge in [0.2, 0.25) is 0 Å². The molecule has 0 aliphatic heterocycles. The molecule has 1 rings (SSSR count). The second kappa shape index (κ2) is 2.25. The lowest BCUT2D eigenvalue weighted by Gasteiger charge is -2.22. The van der Waals surface area contributed by atoms with Crippen LogP contribution in [0, 0.1) is 0 Å². The SMILES string of the molecule is CC1(OO)CCCC1O. The fourth-order valence-electron chi connectivity index (χ4n) is 1.22. The van der Waals surface area contributed by atoms with Crippen LogP contribution >= 0.6 is 0 Å². The van der Waals surface area contributed by atoms with E-state index in [4.69, 9.17) is 10.4 Å². The predicted octanol–water partition coefficient (Wildman–Crippen LogP) is 0.779. The molecule has 1 aliphatic carbocycles. The van der Waals surface area contributed by atoms with Gasteiger partial charge in [0, 0.05) is 0 Å². The first-order chi connectivity index (χ1) is 4.19. The average Bonchev–Trinajstić information content (AvgIpc) is 2.15. The van der Waals surface area contributed by atoms with Crippen molar-refractivity contribution in [2.45, 2.75) is 37.9 Å². The van der Waals surface area contributed by atoms with Gasteiger partial charge in [-0.05, 0) is 26.2 Å². The van der Waals surface area contributed by atoms with Gasteiger partial charge in [0.1, 0.15) is 5.60 Å². The Bertz CT molecular complexity index is 104. The van der Waals surface area contributed by atoms with E-state index >= 15 is 0 Å². The van der Waals surface area contributed by atoms with Crippen molar-refractivity contribution >= 4 is 0 Å². The van der Waals surface area contributed by atoms with Crippen molar-refractivity contribution in [2.75, 3.05) is 0 Å². The predicted molar refractivity (Wildman–Crippen MR) is 32.0 cm³/mol. The van der Waals surface area contributed by atoms with Crippen LogP contribution < -0.4 is 0 Å². The molecule has 0 aromatic heterocycles. The lowest BCUT2D eigenvalue weighted by molar-refractivity contribution is -0.333. The summed E-state index contributed by atoms with van der Waals surface area (Å²) < 4.78 is 0. The Kier molecular flexibility index (Phi) is 1.75. The van der Waals surface area contributed by atoms with E-state index in [0.29, 0.717) is 0 Å². The van der Waals surface area contributed by atoms with Crippen LogP contribution in [0.3, 0.4) is 0 Å². The summed E-state index contributed by atoms with van der Waals surface area (Å²) in [5.74, 6) is 0. The quantitative estimate of drug-likeness (QED) is 0.409. The summed E-state index contributed by atoms with van der Waals surface area (Å²) >= 11 is 0. The maximum absolute atomic E-state index is 9.16. The molecule has 1 saturated carbocycles. The zero-order valence-electron chi connectivity index (χ0n) is 5.50. The van der Waals surface area contributed by atoms with Gasteiger partial charge in [0.15, 0.2) is 0 Å². The van der Waals surface area contributed by atoms with Crippen LogP contribution in [0.25, 0.3) is 0 Å². The van der Waals surface area contributed by atoms with E-state index in [-0.39, 0.29) is 0 Å². The normalized spacial score (nSPS) is 43.7. The molecule has 1 aliphatic rings. The summed E-state index contributed by atoms with van der Waals surface area (Å²) in [6.45, 7) is 1.71. The van der Waals surface area contributed by atoms with E-state index in [9.17, 15) is 0 Å². The molecule has 2 unspecified atom stereocenters. The fourth-order valence-corrected chi connectivity index (χ4v) is 1.22. The molecular weight excluding hydrogens is 120 g/mol. The minimum Gasteiger partial charge on any atom is -0.390 e. The lowest BCUT2D eigenvalue weighted by Crippen LogP contribution is -2.35. The zero-order valence-corrected chi connectivity index (χ0v) is 5.50. The van der Waals surface area contributed by atoms with Crippen LogP contribution in [0.1, 0.15) is 26.2 Å². The Balaban J connectivity index is 2.56. The number of aliphatic hydroxyl groups excluding tert-OH is 1. The summed E-state index contributed by atoms with van der Waals surface area (Å²) in [4.78, 5) is 4.16. The van der Waals surface area contributed by atoms with E-state index in [1.54, 1.807) is 6.92 Å². The van der Waals surface area contributed by atoms with Crippen LogP contribution in [0.5, 0.6) is 0 Å². The third kappa shape index (κ3) is 1.08. The van der Waals surface area contributed by atoms with Gasteiger partial charge in [-0.3, -0.25) is 5.26 Å². The number of hydrogen-bond acceptors (Lipinski definition) is 3. The van der Waals surface area contributed by atoms with Crippen LogP contribution in [0.4, 0.5) is 0 Å². The molecule has 0 amide bonds. The van der Waals surface area contributed by atoms with Crippen molar-refractivity contribution in [1.82, 2.24) is 0 Å². The maximum atomic E-state index is 9.16. The highest BCUT2D eigenvalue weighted by atomic mass is 17.1. The van der Waals surface area contributed by atoms with Gasteiger partial charge in [-0.25, -0.2) is 4.89 Å². The molecule has 9 heavy (non-hydrogen) atoms. The minimum atomic E-state index is -0.694. The van der Waals surface area contributed by atoms with Crippen LogP contribution in [0.15, 0.2) is 0 Å². The number of aliphatic hydroxyl groups is 1. The second-order valence-corrected chi connectivity index (χ2v) is 2.81. The first-order valence-corrected chi connectivity index (χ1v) is 3.20. The molecule has 2 atom stereocenters. The Morgan fingerprint density at radius 1 is 1.67 bits per heavy atom. The maximum Gasteiger partial charge on any atom is 0.126 e. The van der Waals surface area contributed by atoms with E-state index in [0.717, 1.165) is 19.3 Å². The van der Waals surface area contributed by atoms with Crippen molar-refractivity contribution in [3.63, 3.8) is 0 Å². The van der Waals surface area contributed by atoms with E-state index in [1.165, 1.54) is 0 Å². The molecule has 3 nitrogen and oxygen atoms in total. The molecule has 0 radical (unpaired) electrons. The van der Waals surface area contributed by atoms with Crippen LogP contribution in [-0.4, -0.2) is 22.1 Å². The topological polar surface area (TPSA) is 49.7 Å². The van der Waals surface area contributed by atoms with Crippen molar-refractivity contribution in [3.8, 4) is 0 Å². The molecular formula is C6H12O3. The number of hydrogen-bond donors (Lipinski definition) is 2. The molecule has 3 heteroatoms. The van der Waals surface area contributed by atoms with Gasteiger partial charge in [0.05, 0.1) is 6.10 Å². The first-order valence-electron chi connectivity index (χ1n) is 3.20. The summed E-state index contributed by atoms with van der Waals surface area (Å²) in [5.41, 5.74) is -0.694. The second-order valence-electron chi connectivity index (χ2n) is 2.81. The average molecular weight is 132 g/mol. The summed E-state index contributed by atoms with van der Waals surface area (Å²) in [6, 6.07) is 0. The van der Waals surface area contributed by atoms with E-state index in [1.807, 2.05) is 0 Å². The molecule has 0 aromatic carbocycles. The molecule has 0 heterocycles. The van der Waals surface area contributed by atoms with Crippen molar-refractivity contribution in [1.29, 1.82) is 0 Å².